The molecule has 0 fully saturated rings. The minimum Gasteiger partial charge on any atom is -0.435 e. The summed E-state index contributed by atoms with van der Waals surface area (Å²) in [6.07, 6.45) is 1.26. The van der Waals surface area contributed by atoms with Gasteiger partial charge in [0.15, 0.2) is 0 Å². The van der Waals surface area contributed by atoms with Crippen molar-refractivity contribution in [3.8, 4) is 5.75 Å². The Morgan fingerprint density at radius 3 is 2.55 bits per heavy atom. The van der Waals surface area contributed by atoms with Crippen LogP contribution in [0.25, 0.3) is 0 Å². The number of benzene rings is 2. The number of nitro groups is 1. The highest BCUT2D eigenvalue weighted by molar-refractivity contribution is 5.90. The van der Waals surface area contributed by atoms with E-state index in [4.69, 9.17) is 0 Å². The van der Waals surface area contributed by atoms with E-state index >= 15 is 0 Å². The summed E-state index contributed by atoms with van der Waals surface area (Å²) in [6, 6.07) is 15.4. The molecule has 1 N–H and O–H groups in total. The number of pyridine rings is 1. The van der Waals surface area contributed by atoms with Crippen molar-refractivity contribution in [2.45, 2.75) is 19.6 Å². The fourth-order valence-corrected chi connectivity index (χ4v) is 2.93. The summed E-state index contributed by atoms with van der Waals surface area (Å²) in [6.45, 7) is -3.46. The molecule has 1 aromatic heterocycles. The number of amides is 1. The second kappa shape index (κ2) is 9.61. The Morgan fingerprint density at radius 2 is 1.87 bits per heavy atom. The number of carbonyl (C=O) groups is 1. The Hall–Kier alpha value is -4.08. The Bertz CT molecular complexity index is 1150. The zero-order valence-corrected chi connectivity index (χ0v) is 16.0. The van der Waals surface area contributed by atoms with E-state index in [1.807, 2.05) is 30.3 Å². The number of aromatic nitrogens is 1. The number of anilines is 1. The predicted molar refractivity (Wildman–Crippen MR) is 108 cm³/mol. The average Bonchev–Trinajstić information content (AvgIpc) is 2.72. The quantitative estimate of drug-likeness (QED) is 0.435. The van der Waals surface area contributed by atoms with E-state index in [9.17, 15) is 28.5 Å². The van der Waals surface area contributed by atoms with Crippen LogP contribution in [0.5, 0.6) is 5.75 Å². The molecule has 0 atom stereocenters. The lowest BCUT2D eigenvalue weighted by atomic mass is 10.0. The van der Waals surface area contributed by atoms with Crippen LogP contribution >= 0.6 is 0 Å². The van der Waals surface area contributed by atoms with Crippen molar-refractivity contribution in [2.75, 3.05) is 5.32 Å². The Morgan fingerprint density at radius 1 is 1.13 bits per heavy atom. The summed E-state index contributed by atoms with van der Waals surface area (Å²) < 4.78 is 31.0. The van der Waals surface area contributed by atoms with Crippen molar-refractivity contribution in [1.29, 1.82) is 0 Å². The summed E-state index contributed by atoms with van der Waals surface area (Å²) in [7, 11) is 0. The summed E-state index contributed by atoms with van der Waals surface area (Å²) in [4.78, 5) is 34.4. The lowest BCUT2D eigenvalue weighted by molar-refractivity contribution is -0.385. The smallest absolute Gasteiger partial charge is 0.387 e. The Balaban J connectivity index is 1.80. The van der Waals surface area contributed by atoms with Crippen molar-refractivity contribution >= 4 is 17.3 Å². The Labute approximate surface area is 174 Å². The molecule has 3 aromatic rings. The number of ether oxygens (including phenoxy) is 1. The summed E-state index contributed by atoms with van der Waals surface area (Å²) in [5.41, 5.74) is 0.679. The fourth-order valence-electron chi connectivity index (χ4n) is 2.93. The SMILES string of the molecule is O=C(Cn1cc([N+](=O)[O-])ccc1=O)Nc1ccc(OC(F)F)c(Cc2ccccc2)c1. The number of hydrogen-bond acceptors (Lipinski definition) is 5. The van der Waals surface area contributed by atoms with Crippen LogP contribution in [0.4, 0.5) is 20.2 Å². The molecule has 0 radical (unpaired) electrons. The van der Waals surface area contributed by atoms with Gasteiger partial charge in [-0.25, -0.2) is 0 Å². The maximum Gasteiger partial charge on any atom is 0.387 e. The standard InChI is InChI=1S/C21H17F2N3O5/c22-21(23)31-18-8-6-16(11-15(18)10-14-4-2-1-3-5-14)24-19(27)13-25-12-17(26(29)30)7-9-20(25)28/h1-9,11-12,21H,10,13H2,(H,24,27). The molecule has 1 amide bonds. The number of halogens is 2. The molecule has 0 aliphatic rings. The van der Waals surface area contributed by atoms with Crippen LogP contribution in [-0.4, -0.2) is 22.0 Å². The molecular weight excluding hydrogens is 412 g/mol. The van der Waals surface area contributed by atoms with Gasteiger partial charge in [-0.2, -0.15) is 8.78 Å². The summed E-state index contributed by atoms with van der Waals surface area (Å²) in [5.74, 6) is -0.637. The molecule has 0 bridgehead atoms. The normalized spacial score (nSPS) is 10.7. The molecule has 160 valence electrons. The summed E-state index contributed by atoms with van der Waals surface area (Å²) in [5, 5.41) is 13.4. The molecule has 8 nitrogen and oxygen atoms in total. The first-order valence-corrected chi connectivity index (χ1v) is 9.08. The van der Waals surface area contributed by atoms with Gasteiger partial charge in [0.1, 0.15) is 12.3 Å². The summed E-state index contributed by atoms with van der Waals surface area (Å²) >= 11 is 0. The maximum atomic E-state index is 12.7. The fraction of sp³-hybridized carbons (Fsp3) is 0.143. The molecule has 0 saturated heterocycles. The van der Waals surface area contributed by atoms with Crippen LogP contribution < -0.4 is 15.6 Å². The largest absolute Gasteiger partial charge is 0.435 e. The third-order valence-corrected chi connectivity index (χ3v) is 4.29. The molecule has 0 aliphatic heterocycles. The lowest BCUT2D eigenvalue weighted by Gasteiger charge is -2.14. The van der Waals surface area contributed by atoms with Gasteiger partial charge < -0.3 is 10.1 Å². The van der Waals surface area contributed by atoms with Crippen molar-refractivity contribution in [2.24, 2.45) is 0 Å². The molecule has 0 spiro atoms. The van der Waals surface area contributed by atoms with E-state index in [0.29, 0.717) is 11.3 Å². The van der Waals surface area contributed by atoms with Crippen LogP contribution in [0, 0.1) is 10.1 Å². The van der Waals surface area contributed by atoms with Gasteiger partial charge in [0.2, 0.25) is 5.91 Å². The van der Waals surface area contributed by atoms with E-state index in [-0.39, 0.29) is 17.9 Å². The number of rotatable bonds is 8. The molecule has 0 aliphatic carbocycles. The van der Waals surface area contributed by atoms with Gasteiger partial charge in [0.05, 0.1) is 11.1 Å². The topological polar surface area (TPSA) is 103 Å². The van der Waals surface area contributed by atoms with Gasteiger partial charge in [-0.1, -0.05) is 30.3 Å². The van der Waals surface area contributed by atoms with E-state index in [1.54, 1.807) is 0 Å². The van der Waals surface area contributed by atoms with Crippen LogP contribution in [0.2, 0.25) is 0 Å². The minimum atomic E-state index is -3.00. The zero-order chi connectivity index (χ0) is 22.4. The maximum absolute atomic E-state index is 12.7. The highest BCUT2D eigenvalue weighted by Crippen LogP contribution is 2.27. The van der Waals surface area contributed by atoms with Crippen molar-refractivity contribution in [3.05, 3.63) is 98.5 Å². The van der Waals surface area contributed by atoms with Crippen LogP contribution in [0.1, 0.15) is 11.1 Å². The molecule has 0 unspecified atom stereocenters. The van der Waals surface area contributed by atoms with Crippen molar-refractivity contribution < 1.29 is 23.2 Å². The molecule has 31 heavy (non-hydrogen) atoms. The van der Waals surface area contributed by atoms with E-state index in [1.165, 1.54) is 18.2 Å². The lowest BCUT2D eigenvalue weighted by Crippen LogP contribution is -2.27. The van der Waals surface area contributed by atoms with Gasteiger partial charge in [-0.05, 0) is 23.8 Å². The van der Waals surface area contributed by atoms with Gasteiger partial charge in [-0.15, -0.1) is 0 Å². The molecular formula is C21H17F2N3O5. The van der Waals surface area contributed by atoms with Crippen molar-refractivity contribution in [1.82, 2.24) is 4.57 Å². The van der Waals surface area contributed by atoms with Crippen LogP contribution in [-0.2, 0) is 17.8 Å². The van der Waals surface area contributed by atoms with Gasteiger partial charge >= 0.3 is 6.61 Å². The number of hydrogen-bond donors (Lipinski definition) is 1. The molecule has 2 aromatic carbocycles. The van der Waals surface area contributed by atoms with E-state index < -0.39 is 29.5 Å². The average molecular weight is 429 g/mol. The molecule has 3 rings (SSSR count). The molecule has 10 heteroatoms. The number of alkyl halides is 2. The molecule has 1 heterocycles. The monoisotopic (exact) mass is 429 g/mol. The Kier molecular flexibility index (Phi) is 6.71. The van der Waals surface area contributed by atoms with Gasteiger partial charge in [0, 0.05) is 29.8 Å². The van der Waals surface area contributed by atoms with Crippen LogP contribution in [0.15, 0.2) is 71.7 Å². The first-order valence-electron chi connectivity index (χ1n) is 9.08. The van der Waals surface area contributed by atoms with Gasteiger partial charge in [-0.3, -0.25) is 24.3 Å². The second-order valence-corrected chi connectivity index (χ2v) is 6.52. The first-order chi connectivity index (χ1) is 14.8. The van der Waals surface area contributed by atoms with E-state index in [2.05, 4.69) is 10.1 Å². The highest BCUT2D eigenvalue weighted by atomic mass is 19.3. The van der Waals surface area contributed by atoms with Gasteiger partial charge in [0.25, 0.3) is 11.2 Å². The highest BCUT2D eigenvalue weighted by Gasteiger charge is 2.14. The number of nitrogens with one attached hydrogen (secondary N) is 1. The molecule has 0 saturated carbocycles. The second-order valence-electron chi connectivity index (χ2n) is 6.52. The van der Waals surface area contributed by atoms with Crippen LogP contribution in [0.3, 0.4) is 0 Å². The third kappa shape index (κ3) is 5.95. The van der Waals surface area contributed by atoms with Crippen molar-refractivity contribution in [3.63, 3.8) is 0 Å². The van der Waals surface area contributed by atoms with E-state index in [0.717, 1.165) is 28.5 Å². The predicted octanol–water partition coefficient (Wildman–Crippen LogP) is 3.59. The minimum absolute atomic E-state index is 0.0215. The first kappa shape index (κ1) is 21.6. The zero-order valence-electron chi connectivity index (χ0n) is 16.0. The number of carbonyl (C=O) groups excluding carboxylic acids is 1. The number of nitrogens with zero attached hydrogens (tertiary/aromatic N) is 2. The third-order valence-electron chi connectivity index (χ3n) is 4.29.